The number of H-pyrrole nitrogens is 1. The summed E-state index contributed by atoms with van der Waals surface area (Å²) in [5.74, 6) is -0.934. The van der Waals surface area contributed by atoms with E-state index in [1.807, 2.05) is 30.3 Å². The molecule has 2 rings (SSSR count). The summed E-state index contributed by atoms with van der Waals surface area (Å²) in [4.78, 5) is 13.5. The van der Waals surface area contributed by atoms with E-state index in [1.165, 1.54) is 0 Å². The molecule has 2 aromatic rings. The van der Waals surface area contributed by atoms with E-state index in [9.17, 15) is 4.79 Å². The number of nitrogens with zero attached hydrogens (tertiary/aromatic N) is 1. The van der Waals surface area contributed by atoms with Gasteiger partial charge in [-0.05, 0) is 6.07 Å². The summed E-state index contributed by atoms with van der Waals surface area (Å²) in [6.07, 6.45) is -0.132. The summed E-state index contributed by atoms with van der Waals surface area (Å²) < 4.78 is 0. The minimum absolute atomic E-state index is 0.132. The molecule has 0 atom stereocenters. The third-order valence-corrected chi connectivity index (χ3v) is 2.25. The predicted octanol–water partition coefficient (Wildman–Crippen LogP) is 1.67. The molecule has 0 bridgehead atoms. The number of fused-ring (bicyclic) bond motifs is 1. The Bertz CT molecular complexity index is 563. The minimum Gasteiger partial charge on any atom is -0.481 e. The number of aromatic nitrogens is 1. The van der Waals surface area contributed by atoms with Gasteiger partial charge in [-0.25, -0.2) is 0 Å². The summed E-state index contributed by atoms with van der Waals surface area (Å²) in [5.41, 5.74) is 1.68. The SMILES string of the molecule is N#Cc1[nH]c2ccccc2c1CC(=O)O. The van der Waals surface area contributed by atoms with Crippen LogP contribution in [-0.2, 0) is 11.2 Å². The van der Waals surface area contributed by atoms with E-state index in [4.69, 9.17) is 10.4 Å². The van der Waals surface area contributed by atoms with Crippen LogP contribution in [-0.4, -0.2) is 16.1 Å². The van der Waals surface area contributed by atoms with Gasteiger partial charge in [-0.2, -0.15) is 5.26 Å². The van der Waals surface area contributed by atoms with Crippen LogP contribution in [0.3, 0.4) is 0 Å². The zero-order chi connectivity index (χ0) is 10.8. The number of hydrogen-bond acceptors (Lipinski definition) is 2. The molecule has 0 aliphatic heterocycles. The topological polar surface area (TPSA) is 76.9 Å². The molecule has 0 unspecified atom stereocenters. The summed E-state index contributed by atoms with van der Waals surface area (Å²) in [7, 11) is 0. The highest BCUT2D eigenvalue weighted by Crippen LogP contribution is 2.22. The number of carbonyl (C=O) groups is 1. The molecule has 1 heterocycles. The number of rotatable bonds is 2. The van der Waals surface area contributed by atoms with Gasteiger partial charge >= 0.3 is 5.97 Å². The fourth-order valence-corrected chi connectivity index (χ4v) is 1.63. The first-order chi connectivity index (χ1) is 7.22. The molecule has 2 N–H and O–H groups in total. The number of para-hydroxylation sites is 1. The van der Waals surface area contributed by atoms with Crippen LogP contribution >= 0.6 is 0 Å². The van der Waals surface area contributed by atoms with Gasteiger partial charge in [0, 0.05) is 16.5 Å². The molecular weight excluding hydrogens is 192 g/mol. The molecule has 0 saturated heterocycles. The molecule has 1 aromatic carbocycles. The van der Waals surface area contributed by atoms with E-state index in [2.05, 4.69) is 4.98 Å². The molecule has 1 aromatic heterocycles. The molecule has 74 valence electrons. The van der Waals surface area contributed by atoms with Crippen LogP contribution in [0.1, 0.15) is 11.3 Å². The second-order valence-corrected chi connectivity index (χ2v) is 3.21. The number of aromatic amines is 1. The zero-order valence-electron chi connectivity index (χ0n) is 7.82. The second kappa shape index (κ2) is 3.46. The van der Waals surface area contributed by atoms with E-state index < -0.39 is 5.97 Å². The predicted molar refractivity (Wildman–Crippen MR) is 54.4 cm³/mol. The maximum atomic E-state index is 10.7. The van der Waals surface area contributed by atoms with Gasteiger partial charge in [0.1, 0.15) is 11.8 Å². The first kappa shape index (κ1) is 9.28. The first-order valence-corrected chi connectivity index (χ1v) is 4.44. The molecule has 15 heavy (non-hydrogen) atoms. The monoisotopic (exact) mass is 200 g/mol. The van der Waals surface area contributed by atoms with Gasteiger partial charge in [0.05, 0.1) is 6.42 Å². The number of hydrogen-bond donors (Lipinski definition) is 2. The average Bonchev–Trinajstić information content (AvgIpc) is 2.56. The Kier molecular flexibility index (Phi) is 2.14. The van der Waals surface area contributed by atoms with Crippen LogP contribution in [0, 0.1) is 11.3 Å². The normalized spacial score (nSPS) is 10.1. The van der Waals surface area contributed by atoms with Gasteiger partial charge in [-0.15, -0.1) is 0 Å². The fourth-order valence-electron chi connectivity index (χ4n) is 1.63. The highest BCUT2D eigenvalue weighted by Gasteiger charge is 2.13. The van der Waals surface area contributed by atoms with Crippen LogP contribution in [0.15, 0.2) is 24.3 Å². The molecular formula is C11H8N2O2. The standard InChI is InChI=1S/C11H8N2O2/c12-6-10-8(5-11(14)15)7-3-1-2-4-9(7)13-10/h1-4,13H,5H2,(H,14,15). The molecule has 0 amide bonds. The number of nitriles is 1. The summed E-state index contributed by atoms with van der Waals surface area (Å²) in [5, 5.41) is 18.4. The Labute approximate surface area is 85.8 Å². The van der Waals surface area contributed by atoms with Crippen molar-refractivity contribution in [3.8, 4) is 6.07 Å². The van der Waals surface area contributed by atoms with Crippen LogP contribution in [0.5, 0.6) is 0 Å². The second-order valence-electron chi connectivity index (χ2n) is 3.21. The Morgan fingerprint density at radius 1 is 1.47 bits per heavy atom. The fraction of sp³-hybridized carbons (Fsp3) is 0.0909. The van der Waals surface area contributed by atoms with Crippen LogP contribution in [0.4, 0.5) is 0 Å². The third-order valence-electron chi connectivity index (χ3n) is 2.25. The number of benzene rings is 1. The lowest BCUT2D eigenvalue weighted by atomic mass is 10.1. The van der Waals surface area contributed by atoms with Crippen molar-refractivity contribution in [1.82, 2.24) is 4.98 Å². The summed E-state index contributed by atoms with van der Waals surface area (Å²) >= 11 is 0. The highest BCUT2D eigenvalue weighted by atomic mass is 16.4. The molecule has 0 fully saturated rings. The van der Waals surface area contributed by atoms with E-state index in [-0.39, 0.29) is 6.42 Å². The summed E-state index contributed by atoms with van der Waals surface area (Å²) in [6, 6.07) is 9.26. The zero-order valence-corrected chi connectivity index (χ0v) is 7.82. The smallest absolute Gasteiger partial charge is 0.307 e. The molecule has 0 aliphatic rings. The van der Waals surface area contributed by atoms with Crippen molar-refractivity contribution in [2.45, 2.75) is 6.42 Å². The number of aliphatic carboxylic acids is 1. The maximum absolute atomic E-state index is 10.7. The van der Waals surface area contributed by atoms with Crippen molar-refractivity contribution < 1.29 is 9.90 Å². The summed E-state index contributed by atoms with van der Waals surface area (Å²) in [6.45, 7) is 0. The van der Waals surface area contributed by atoms with Crippen LogP contribution in [0.2, 0.25) is 0 Å². The lowest BCUT2D eigenvalue weighted by Crippen LogP contribution is -2.00. The van der Waals surface area contributed by atoms with Gasteiger partial charge < -0.3 is 10.1 Å². The van der Waals surface area contributed by atoms with Crippen LogP contribution in [0.25, 0.3) is 10.9 Å². The van der Waals surface area contributed by atoms with Crippen molar-refractivity contribution in [3.05, 3.63) is 35.5 Å². The average molecular weight is 200 g/mol. The first-order valence-electron chi connectivity index (χ1n) is 4.44. The Morgan fingerprint density at radius 2 is 2.20 bits per heavy atom. The van der Waals surface area contributed by atoms with Crippen molar-refractivity contribution in [2.75, 3.05) is 0 Å². The quantitative estimate of drug-likeness (QED) is 0.774. The number of carboxylic acid groups (broad SMARTS) is 1. The number of carboxylic acids is 1. The van der Waals surface area contributed by atoms with Gasteiger partial charge in [-0.3, -0.25) is 4.79 Å². The Morgan fingerprint density at radius 3 is 2.87 bits per heavy atom. The Balaban J connectivity index is 2.68. The van der Waals surface area contributed by atoms with Gasteiger partial charge in [0.15, 0.2) is 0 Å². The molecule has 0 spiro atoms. The van der Waals surface area contributed by atoms with Crippen molar-refractivity contribution in [1.29, 1.82) is 5.26 Å². The minimum atomic E-state index is -0.934. The molecule has 0 aliphatic carbocycles. The van der Waals surface area contributed by atoms with Crippen molar-refractivity contribution >= 4 is 16.9 Å². The van der Waals surface area contributed by atoms with E-state index in [0.29, 0.717) is 11.3 Å². The highest BCUT2D eigenvalue weighted by molar-refractivity contribution is 5.89. The van der Waals surface area contributed by atoms with Gasteiger partial charge in [0.2, 0.25) is 0 Å². The van der Waals surface area contributed by atoms with Crippen molar-refractivity contribution in [3.63, 3.8) is 0 Å². The van der Waals surface area contributed by atoms with E-state index >= 15 is 0 Å². The molecule has 4 nitrogen and oxygen atoms in total. The number of nitrogens with one attached hydrogen (secondary N) is 1. The lowest BCUT2D eigenvalue weighted by molar-refractivity contribution is -0.136. The molecule has 0 radical (unpaired) electrons. The third kappa shape index (κ3) is 1.55. The van der Waals surface area contributed by atoms with E-state index in [0.717, 1.165) is 10.9 Å². The maximum Gasteiger partial charge on any atom is 0.307 e. The van der Waals surface area contributed by atoms with Gasteiger partial charge in [0.25, 0.3) is 0 Å². The molecule has 0 saturated carbocycles. The van der Waals surface area contributed by atoms with E-state index in [1.54, 1.807) is 0 Å². The van der Waals surface area contributed by atoms with Gasteiger partial charge in [-0.1, -0.05) is 18.2 Å². The lowest BCUT2D eigenvalue weighted by Gasteiger charge is -1.94. The largest absolute Gasteiger partial charge is 0.481 e. The van der Waals surface area contributed by atoms with Crippen LogP contribution < -0.4 is 0 Å². The molecule has 4 heteroatoms. The van der Waals surface area contributed by atoms with Crippen molar-refractivity contribution in [2.24, 2.45) is 0 Å². The Hall–Kier alpha value is -2.28.